The molecule has 1 aliphatic heterocycles. The predicted molar refractivity (Wildman–Crippen MR) is 99.1 cm³/mol. The molecule has 2 unspecified atom stereocenters. The van der Waals surface area contributed by atoms with Crippen molar-refractivity contribution < 1.29 is 14.6 Å². The lowest BCUT2D eigenvalue weighted by Gasteiger charge is -2.28. The molecule has 0 radical (unpaired) electrons. The molecule has 0 saturated carbocycles. The van der Waals surface area contributed by atoms with Crippen molar-refractivity contribution in [1.29, 1.82) is 0 Å². The monoisotopic (exact) mass is 341 g/mol. The Hall–Kier alpha value is -1.88. The minimum Gasteiger partial charge on any atom is -0.491 e. The molecule has 4 heteroatoms. The number of aliphatic hydroxyl groups excluding tert-OH is 1. The molecule has 0 aliphatic carbocycles. The number of β-amino-alcohol motifs (C(OH)–C–C–N with tert-alkyl or cyclic N) is 1. The van der Waals surface area contributed by atoms with Crippen LogP contribution in [-0.2, 0) is 11.2 Å². The van der Waals surface area contributed by atoms with Gasteiger partial charge in [0.2, 0.25) is 0 Å². The topological polar surface area (TPSA) is 50.7 Å². The minimum absolute atomic E-state index is 0.219. The molecule has 1 aliphatic rings. The fourth-order valence-corrected chi connectivity index (χ4v) is 3.20. The molecule has 134 valence electrons. The lowest BCUT2D eigenvalue weighted by Crippen LogP contribution is -2.39. The number of rotatable bonds is 8. The fourth-order valence-electron chi connectivity index (χ4n) is 3.20. The number of aliphatic hydroxyl groups is 1. The standard InChI is InChI=1S/C21H27NO3/c23-21-16-22-12-10-20(21)18-6-8-19(9-7-18)25-15-14-24-13-11-17-4-2-1-3-5-17/h1-9,20-23H,10-16H2. The molecular formula is C21H27NO3. The van der Waals surface area contributed by atoms with Gasteiger partial charge in [-0.2, -0.15) is 0 Å². The molecule has 0 amide bonds. The zero-order valence-corrected chi connectivity index (χ0v) is 14.6. The van der Waals surface area contributed by atoms with E-state index >= 15 is 0 Å². The van der Waals surface area contributed by atoms with E-state index < -0.39 is 0 Å². The molecule has 3 rings (SSSR count). The van der Waals surface area contributed by atoms with E-state index in [1.807, 2.05) is 30.3 Å². The van der Waals surface area contributed by atoms with E-state index in [1.54, 1.807) is 0 Å². The maximum atomic E-state index is 10.1. The minimum atomic E-state index is -0.307. The van der Waals surface area contributed by atoms with Gasteiger partial charge in [0.1, 0.15) is 12.4 Å². The number of ether oxygens (including phenoxy) is 2. The number of hydrogen-bond donors (Lipinski definition) is 2. The predicted octanol–water partition coefficient (Wildman–Crippen LogP) is 2.76. The summed E-state index contributed by atoms with van der Waals surface area (Å²) in [5, 5.41) is 13.3. The van der Waals surface area contributed by atoms with Crippen molar-refractivity contribution in [3.63, 3.8) is 0 Å². The Morgan fingerprint density at radius 3 is 2.52 bits per heavy atom. The van der Waals surface area contributed by atoms with Crippen LogP contribution in [0.15, 0.2) is 54.6 Å². The lowest BCUT2D eigenvalue weighted by atomic mass is 9.88. The van der Waals surface area contributed by atoms with Crippen LogP contribution in [0.3, 0.4) is 0 Å². The van der Waals surface area contributed by atoms with Crippen molar-refractivity contribution in [2.45, 2.75) is 24.9 Å². The van der Waals surface area contributed by atoms with Crippen LogP contribution in [0.25, 0.3) is 0 Å². The van der Waals surface area contributed by atoms with Crippen molar-refractivity contribution in [2.75, 3.05) is 32.9 Å². The van der Waals surface area contributed by atoms with Gasteiger partial charge in [-0.05, 0) is 42.6 Å². The Morgan fingerprint density at radius 2 is 1.76 bits per heavy atom. The van der Waals surface area contributed by atoms with E-state index in [1.165, 1.54) is 11.1 Å². The van der Waals surface area contributed by atoms with Crippen molar-refractivity contribution in [1.82, 2.24) is 5.32 Å². The van der Waals surface area contributed by atoms with Gasteiger partial charge >= 0.3 is 0 Å². The highest BCUT2D eigenvalue weighted by atomic mass is 16.5. The summed E-state index contributed by atoms with van der Waals surface area (Å²) >= 11 is 0. The SMILES string of the molecule is OC1CNCCC1c1ccc(OCCOCCc2ccccc2)cc1. The molecule has 0 aromatic heterocycles. The summed E-state index contributed by atoms with van der Waals surface area (Å²) in [7, 11) is 0. The van der Waals surface area contributed by atoms with Gasteiger partial charge in [-0.15, -0.1) is 0 Å². The van der Waals surface area contributed by atoms with Crippen molar-refractivity contribution in [3.05, 3.63) is 65.7 Å². The normalized spacial score (nSPS) is 20.4. The molecule has 2 aromatic rings. The van der Waals surface area contributed by atoms with E-state index in [4.69, 9.17) is 9.47 Å². The molecule has 0 spiro atoms. The molecule has 25 heavy (non-hydrogen) atoms. The maximum absolute atomic E-state index is 10.1. The third-order valence-corrected chi connectivity index (χ3v) is 4.63. The van der Waals surface area contributed by atoms with Crippen LogP contribution in [0.1, 0.15) is 23.5 Å². The summed E-state index contributed by atoms with van der Waals surface area (Å²) in [5.74, 6) is 1.07. The van der Waals surface area contributed by atoms with E-state index in [0.717, 1.165) is 25.1 Å². The maximum Gasteiger partial charge on any atom is 0.119 e. The second-order valence-corrected chi connectivity index (χ2v) is 6.43. The molecule has 2 aromatic carbocycles. The first-order valence-corrected chi connectivity index (χ1v) is 9.06. The average Bonchev–Trinajstić information content (AvgIpc) is 2.66. The Bertz CT molecular complexity index is 615. The number of piperidine rings is 1. The summed E-state index contributed by atoms with van der Waals surface area (Å²) < 4.78 is 11.4. The summed E-state index contributed by atoms with van der Waals surface area (Å²) in [6.07, 6.45) is 1.59. The van der Waals surface area contributed by atoms with E-state index in [2.05, 4.69) is 29.6 Å². The quantitative estimate of drug-likeness (QED) is 0.725. The van der Waals surface area contributed by atoms with Crippen molar-refractivity contribution in [2.24, 2.45) is 0 Å². The van der Waals surface area contributed by atoms with Crippen LogP contribution in [-0.4, -0.2) is 44.1 Å². The highest BCUT2D eigenvalue weighted by molar-refractivity contribution is 5.30. The van der Waals surface area contributed by atoms with Gasteiger partial charge in [0, 0.05) is 12.5 Å². The van der Waals surface area contributed by atoms with Crippen LogP contribution in [0.2, 0.25) is 0 Å². The number of nitrogens with one attached hydrogen (secondary N) is 1. The average molecular weight is 341 g/mol. The van der Waals surface area contributed by atoms with Gasteiger partial charge in [-0.25, -0.2) is 0 Å². The largest absolute Gasteiger partial charge is 0.491 e. The van der Waals surface area contributed by atoms with E-state index in [9.17, 15) is 5.11 Å². The Labute approximate surface area is 149 Å². The second kappa shape index (κ2) is 9.56. The zero-order chi connectivity index (χ0) is 17.3. The number of hydrogen-bond acceptors (Lipinski definition) is 4. The number of benzene rings is 2. The summed E-state index contributed by atoms with van der Waals surface area (Å²) in [6.45, 7) is 3.47. The first-order chi connectivity index (χ1) is 12.3. The third kappa shape index (κ3) is 5.56. The molecule has 2 N–H and O–H groups in total. The fraction of sp³-hybridized carbons (Fsp3) is 0.429. The second-order valence-electron chi connectivity index (χ2n) is 6.43. The third-order valence-electron chi connectivity index (χ3n) is 4.63. The van der Waals surface area contributed by atoms with Gasteiger partial charge in [-0.1, -0.05) is 42.5 Å². The molecule has 2 atom stereocenters. The Morgan fingerprint density at radius 1 is 0.960 bits per heavy atom. The summed E-state index contributed by atoms with van der Waals surface area (Å²) in [6, 6.07) is 18.4. The van der Waals surface area contributed by atoms with Gasteiger partial charge < -0.3 is 19.9 Å². The van der Waals surface area contributed by atoms with Crippen LogP contribution in [0.5, 0.6) is 5.75 Å². The highest BCUT2D eigenvalue weighted by Gasteiger charge is 2.24. The van der Waals surface area contributed by atoms with Gasteiger partial charge in [0.05, 0.1) is 19.3 Å². The smallest absolute Gasteiger partial charge is 0.119 e. The first-order valence-electron chi connectivity index (χ1n) is 9.06. The Kier molecular flexibility index (Phi) is 6.86. The van der Waals surface area contributed by atoms with Gasteiger partial charge in [0.15, 0.2) is 0 Å². The van der Waals surface area contributed by atoms with Gasteiger partial charge in [0.25, 0.3) is 0 Å². The van der Waals surface area contributed by atoms with Crippen LogP contribution >= 0.6 is 0 Å². The molecular weight excluding hydrogens is 314 g/mol. The molecule has 1 heterocycles. The molecule has 4 nitrogen and oxygen atoms in total. The molecule has 1 saturated heterocycles. The van der Waals surface area contributed by atoms with Gasteiger partial charge in [-0.3, -0.25) is 0 Å². The summed E-state index contributed by atoms with van der Waals surface area (Å²) in [5.41, 5.74) is 2.47. The van der Waals surface area contributed by atoms with Crippen LogP contribution in [0.4, 0.5) is 0 Å². The lowest BCUT2D eigenvalue weighted by molar-refractivity contribution is 0.102. The van der Waals surface area contributed by atoms with Crippen molar-refractivity contribution >= 4 is 0 Å². The van der Waals surface area contributed by atoms with Crippen LogP contribution in [0, 0.1) is 0 Å². The van der Waals surface area contributed by atoms with Crippen molar-refractivity contribution in [3.8, 4) is 5.75 Å². The molecule has 0 bridgehead atoms. The van der Waals surface area contributed by atoms with Crippen LogP contribution < -0.4 is 10.1 Å². The highest BCUT2D eigenvalue weighted by Crippen LogP contribution is 2.27. The first kappa shape index (κ1) is 17.9. The summed E-state index contributed by atoms with van der Waals surface area (Å²) in [4.78, 5) is 0. The Balaban J connectivity index is 1.34. The van der Waals surface area contributed by atoms with E-state index in [-0.39, 0.29) is 12.0 Å². The zero-order valence-electron chi connectivity index (χ0n) is 14.6. The van der Waals surface area contributed by atoms with E-state index in [0.29, 0.717) is 26.4 Å². The molecule has 1 fully saturated rings.